The summed E-state index contributed by atoms with van der Waals surface area (Å²) in [5.41, 5.74) is 5.67. The third kappa shape index (κ3) is 18.9. The summed E-state index contributed by atoms with van der Waals surface area (Å²) in [5.74, 6) is -0.970. The van der Waals surface area contributed by atoms with Gasteiger partial charge in [0.25, 0.3) is 0 Å². The van der Waals surface area contributed by atoms with E-state index >= 15 is 0 Å². The van der Waals surface area contributed by atoms with Crippen LogP contribution < -0.4 is 5.73 Å². The van der Waals surface area contributed by atoms with Crippen LogP contribution in [0.3, 0.4) is 0 Å². The highest BCUT2D eigenvalue weighted by atomic mass is 35.5. The summed E-state index contributed by atoms with van der Waals surface area (Å²) < 4.78 is 50.1. The molecule has 0 aliphatic heterocycles. The predicted octanol–water partition coefficient (Wildman–Crippen LogP) is 8.06. The van der Waals surface area contributed by atoms with Crippen molar-refractivity contribution in [3.8, 4) is 0 Å². The average Bonchev–Trinajstić information content (AvgIpc) is 3.67. The molecule has 0 spiro atoms. The Morgan fingerprint density at radius 2 is 1.63 bits per heavy atom. The Morgan fingerprint density at radius 3 is 2.07 bits per heavy atom. The van der Waals surface area contributed by atoms with E-state index in [1.54, 1.807) is 31.0 Å². The van der Waals surface area contributed by atoms with Crippen molar-refractivity contribution in [2.45, 2.75) is 84.5 Å². The number of likely N-dealkylation sites (N-methyl/N-ethyl adjacent to an activating group) is 1. The molecule has 41 heavy (non-hydrogen) atoms. The standard InChI is InChI=1S/C12H18ClNO2S.C9H18N2O.C8H10F2.C2H6/c1-3-4-5-10-14(2)17(15,16)12-8-6-11(13)7-9-12;1-9(3-4-9)7-8(12)11(2)6-5-10;1-3-5-8(10)6-7(9)4-2;1-2/h6-9H,3-5,10H2,1-2H3;3-7,10H2,1-2H3;4-6H,2-3H2,1H3;1-2H3/b;;7-6+,8-5+;. The van der Waals surface area contributed by atoms with Gasteiger partial charge in [0.05, 0.1) is 4.90 Å². The van der Waals surface area contributed by atoms with Crippen LogP contribution in [-0.2, 0) is 14.8 Å². The van der Waals surface area contributed by atoms with Crippen molar-refractivity contribution in [1.29, 1.82) is 0 Å². The Kier molecular flexibility index (Phi) is 22.6. The second-order valence-corrected chi connectivity index (χ2v) is 12.3. The molecule has 0 aromatic heterocycles. The van der Waals surface area contributed by atoms with Crippen LogP contribution >= 0.6 is 11.6 Å². The molecule has 0 saturated heterocycles. The maximum atomic E-state index is 12.3. The van der Waals surface area contributed by atoms with E-state index in [0.717, 1.165) is 31.4 Å². The number of rotatable bonds is 13. The molecule has 0 atom stereocenters. The van der Waals surface area contributed by atoms with Gasteiger partial charge in [0, 0.05) is 51.2 Å². The van der Waals surface area contributed by atoms with E-state index in [1.807, 2.05) is 20.9 Å². The van der Waals surface area contributed by atoms with Gasteiger partial charge in [-0.05, 0) is 67.5 Å². The van der Waals surface area contributed by atoms with E-state index in [0.29, 0.717) is 47.8 Å². The molecule has 1 aliphatic rings. The first-order chi connectivity index (χ1) is 19.3. The van der Waals surface area contributed by atoms with Gasteiger partial charge in [-0.15, -0.1) is 0 Å². The molecule has 0 unspecified atom stereocenters. The number of hydrogen-bond donors (Lipinski definition) is 1. The molecule has 2 rings (SSSR count). The zero-order chi connectivity index (χ0) is 32.1. The Hall–Kier alpha value is -2.07. The Morgan fingerprint density at radius 1 is 1.07 bits per heavy atom. The summed E-state index contributed by atoms with van der Waals surface area (Å²) in [6.07, 6.45) is 9.73. The second kappa shape index (κ2) is 22.5. The lowest BCUT2D eigenvalue weighted by atomic mass is 10.1. The van der Waals surface area contributed by atoms with Gasteiger partial charge >= 0.3 is 0 Å². The van der Waals surface area contributed by atoms with Crippen molar-refractivity contribution < 1.29 is 22.0 Å². The van der Waals surface area contributed by atoms with E-state index < -0.39 is 21.7 Å². The van der Waals surface area contributed by atoms with Crippen LogP contribution in [0.25, 0.3) is 0 Å². The zero-order valence-corrected chi connectivity index (χ0v) is 27.6. The van der Waals surface area contributed by atoms with Gasteiger partial charge in [0.2, 0.25) is 15.9 Å². The van der Waals surface area contributed by atoms with E-state index in [2.05, 4.69) is 20.4 Å². The number of halogens is 3. The van der Waals surface area contributed by atoms with E-state index in [-0.39, 0.29) is 5.91 Å². The summed E-state index contributed by atoms with van der Waals surface area (Å²) in [4.78, 5) is 13.5. The first-order valence-corrected chi connectivity index (χ1v) is 16.1. The SMILES string of the molecule is C=C/C(F)=C\C(F)=C/CC.CC.CCCCCN(C)S(=O)(=O)c1ccc(Cl)cc1.CN(CCN)C(=O)CC1(C)CC1. The molecule has 1 aromatic rings. The number of sulfonamides is 1. The molecule has 0 heterocycles. The fourth-order valence-corrected chi connectivity index (χ4v) is 4.48. The van der Waals surface area contributed by atoms with E-state index in [1.165, 1.54) is 35.4 Å². The van der Waals surface area contributed by atoms with Crippen LogP contribution in [0.4, 0.5) is 8.78 Å². The molecular formula is C31H52ClF2N3O3S. The Balaban J connectivity index is 0. The van der Waals surface area contributed by atoms with Crippen LogP contribution in [0.1, 0.15) is 79.6 Å². The minimum Gasteiger partial charge on any atom is -0.344 e. The number of benzene rings is 1. The van der Waals surface area contributed by atoms with Gasteiger partial charge in [-0.25, -0.2) is 21.5 Å². The maximum absolute atomic E-state index is 12.3. The molecule has 0 bridgehead atoms. The quantitative estimate of drug-likeness (QED) is 0.179. The van der Waals surface area contributed by atoms with Gasteiger partial charge in [-0.1, -0.05) is 65.6 Å². The topological polar surface area (TPSA) is 83.7 Å². The van der Waals surface area contributed by atoms with Crippen LogP contribution in [0.15, 0.2) is 65.6 Å². The van der Waals surface area contributed by atoms with Crippen LogP contribution in [-0.4, -0.2) is 57.3 Å². The number of nitrogens with two attached hydrogens (primary N) is 1. The molecule has 1 fully saturated rings. The summed E-state index contributed by atoms with van der Waals surface area (Å²) in [6.45, 7) is 15.0. The lowest BCUT2D eigenvalue weighted by molar-refractivity contribution is -0.130. The Bertz CT molecular complexity index is 1040. The largest absolute Gasteiger partial charge is 0.344 e. The Labute approximate surface area is 253 Å². The van der Waals surface area contributed by atoms with Crippen LogP contribution in [0, 0.1) is 5.41 Å². The number of nitrogens with zero attached hydrogens (tertiary/aromatic N) is 2. The monoisotopic (exact) mass is 619 g/mol. The van der Waals surface area contributed by atoms with Crippen molar-refractivity contribution >= 4 is 27.5 Å². The number of amides is 1. The zero-order valence-electron chi connectivity index (χ0n) is 26.1. The molecule has 0 radical (unpaired) electrons. The first kappa shape index (κ1) is 41.1. The molecule has 10 heteroatoms. The van der Waals surface area contributed by atoms with Crippen molar-refractivity contribution in [2.24, 2.45) is 11.1 Å². The number of carbonyl (C=O) groups is 1. The molecule has 1 aromatic carbocycles. The average molecular weight is 620 g/mol. The highest BCUT2D eigenvalue weighted by Gasteiger charge is 2.39. The summed E-state index contributed by atoms with van der Waals surface area (Å²) in [5, 5.41) is 0.539. The second-order valence-electron chi connectivity index (χ2n) is 9.81. The smallest absolute Gasteiger partial charge is 0.242 e. The fraction of sp³-hybridized carbons (Fsp3) is 0.581. The van der Waals surface area contributed by atoms with E-state index in [4.69, 9.17) is 17.3 Å². The highest BCUT2D eigenvalue weighted by Crippen LogP contribution is 2.48. The molecular weight excluding hydrogens is 568 g/mol. The van der Waals surface area contributed by atoms with Crippen molar-refractivity contribution in [3.05, 3.63) is 65.7 Å². The number of allylic oxidation sites excluding steroid dienone is 5. The minimum absolute atomic E-state index is 0.237. The molecule has 236 valence electrons. The molecule has 2 N–H and O–H groups in total. The molecule has 1 aliphatic carbocycles. The summed E-state index contributed by atoms with van der Waals surface area (Å²) in [6, 6.07) is 6.25. The third-order valence-electron chi connectivity index (χ3n) is 6.04. The van der Waals surface area contributed by atoms with Gasteiger partial charge in [-0.2, -0.15) is 0 Å². The van der Waals surface area contributed by atoms with Crippen molar-refractivity contribution in [2.75, 3.05) is 33.7 Å². The predicted molar refractivity (Wildman–Crippen MR) is 170 cm³/mol. The normalized spacial score (nSPS) is 14.0. The summed E-state index contributed by atoms with van der Waals surface area (Å²) >= 11 is 5.74. The highest BCUT2D eigenvalue weighted by molar-refractivity contribution is 7.89. The van der Waals surface area contributed by atoms with E-state index in [9.17, 15) is 22.0 Å². The number of hydrogen-bond acceptors (Lipinski definition) is 4. The number of unbranched alkanes of at least 4 members (excludes halogenated alkanes) is 2. The van der Waals surface area contributed by atoms with Crippen LogP contribution in [0.5, 0.6) is 0 Å². The van der Waals surface area contributed by atoms with Crippen LogP contribution in [0.2, 0.25) is 5.02 Å². The summed E-state index contributed by atoms with van der Waals surface area (Å²) in [7, 11) is 0.0696. The van der Waals surface area contributed by atoms with Gasteiger partial charge in [0.1, 0.15) is 11.7 Å². The van der Waals surface area contributed by atoms with Crippen molar-refractivity contribution in [3.63, 3.8) is 0 Å². The lowest BCUT2D eigenvalue weighted by Crippen LogP contribution is -2.32. The fourth-order valence-electron chi connectivity index (χ4n) is 3.14. The van der Waals surface area contributed by atoms with Gasteiger partial charge in [-0.3, -0.25) is 4.79 Å². The molecule has 1 saturated carbocycles. The minimum atomic E-state index is -3.36. The van der Waals surface area contributed by atoms with Gasteiger partial charge < -0.3 is 10.6 Å². The first-order valence-electron chi connectivity index (χ1n) is 14.3. The van der Waals surface area contributed by atoms with Gasteiger partial charge in [0.15, 0.2) is 0 Å². The van der Waals surface area contributed by atoms with Crippen molar-refractivity contribution in [1.82, 2.24) is 9.21 Å². The lowest BCUT2D eigenvalue weighted by Gasteiger charge is -2.18. The third-order valence-corrected chi connectivity index (χ3v) is 8.16. The molecule has 1 amide bonds. The molecule has 6 nitrogen and oxygen atoms in total. The maximum Gasteiger partial charge on any atom is 0.242 e. The number of carbonyl (C=O) groups excluding carboxylic acids is 1.